The summed E-state index contributed by atoms with van der Waals surface area (Å²) in [7, 11) is 1.63. The van der Waals surface area contributed by atoms with E-state index >= 15 is 0 Å². The molecule has 0 fully saturated rings. The van der Waals surface area contributed by atoms with Crippen molar-refractivity contribution in [3.8, 4) is 17.0 Å². The molecular weight excluding hydrogens is 370 g/mol. The lowest BCUT2D eigenvalue weighted by Crippen LogP contribution is -2.21. The fourth-order valence-corrected chi connectivity index (χ4v) is 3.40. The van der Waals surface area contributed by atoms with E-state index in [4.69, 9.17) is 4.74 Å². The molecule has 4 rings (SSSR count). The summed E-state index contributed by atoms with van der Waals surface area (Å²) in [5, 5.41) is 10.3. The minimum atomic E-state index is -0.221. The number of methoxy groups -OCH3 is 1. The number of hydrogen-bond donors (Lipinski definition) is 2. The van der Waals surface area contributed by atoms with Crippen LogP contribution >= 0.6 is 15.9 Å². The highest BCUT2D eigenvalue weighted by Gasteiger charge is 2.35. The standard InChI is InChI=1S/C18H14BrN3O2/c1-24-13-7-5-10(6-8-13)16-14-15(11-3-2-4-12(19)9-11)20-18(23)17(14)22-21-16/h2-9,15H,1H3,(H,20,23)(H,21,22)/t15-/m0/s1. The summed E-state index contributed by atoms with van der Waals surface area (Å²) in [4.78, 5) is 12.3. The Morgan fingerprint density at radius 1 is 1.17 bits per heavy atom. The van der Waals surface area contributed by atoms with Gasteiger partial charge in [0.05, 0.1) is 18.8 Å². The summed E-state index contributed by atoms with van der Waals surface area (Å²) in [6.07, 6.45) is 0. The molecule has 0 spiro atoms. The van der Waals surface area contributed by atoms with Crippen molar-refractivity contribution >= 4 is 21.8 Å². The van der Waals surface area contributed by atoms with Gasteiger partial charge in [-0.05, 0) is 42.0 Å². The summed E-state index contributed by atoms with van der Waals surface area (Å²) < 4.78 is 6.17. The number of nitrogens with zero attached hydrogens (tertiary/aromatic N) is 1. The van der Waals surface area contributed by atoms with E-state index in [2.05, 4.69) is 31.4 Å². The summed E-state index contributed by atoms with van der Waals surface area (Å²) >= 11 is 3.48. The van der Waals surface area contributed by atoms with Crippen molar-refractivity contribution in [3.05, 3.63) is 69.8 Å². The monoisotopic (exact) mass is 383 g/mol. The number of carbonyl (C=O) groups excluding carboxylic acids is 1. The van der Waals surface area contributed by atoms with E-state index in [1.807, 2.05) is 48.5 Å². The maximum atomic E-state index is 12.3. The van der Waals surface area contributed by atoms with E-state index < -0.39 is 0 Å². The van der Waals surface area contributed by atoms with Gasteiger partial charge in [0.25, 0.3) is 5.91 Å². The molecule has 0 radical (unpaired) electrons. The van der Waals surface area contributed by atoms with Gasteiger partial charge in [0.2, 0.25) is 0 Å². The number of fused-ring (bicyclic) bond motifs is 1. The fourth-order valence-electron chi connectivity index (χ4n) is 2.99. The Hall–Kier alpha value is -2.60. The van der Waals surface area contributed by atoms with Crippen molar-refractivity contribution < 1.29 is 9.53 Å². The van der Waals surface area contributed by atoms with Crippen molar-refractivity contribution in [2.75, 3.05) is 7.11 Å². The molecule has 1 aliphatic heterocycles. The number of ether oxygens (including phenoxy) is 1. The zero-order valence-corrected chi connectivity index (χ0v) is 14.4. The SMILES string of the molecule is COc1ccc(-c2n[nH]c3c2[C@H](c2cccc(Br)c2)NC3=O)cc1. The molecular formula is C18H14BrN3O2. The highest BCUT2D eigenvalue weighted by molar-refractivity contribution is 9.10. The van der Waals surface area contributed by atoms with Crippen LogP contribution in [0.2, 0.25) is 0 Å². The maximum absolute atomic E-state index is 12.3. The second-order valence-electron chi connectivity index (χ2n) is 5.55. The van der Waals surface area contributed by atoms with Gasteiger partial charge in [-0.1, -0.05) is 28.1 Å². The zero-order valence-electron chi connectivity index (χ0n) is 12.8. The van der Waals surface area contributed by atoms with Gasteiger partial charge in [0.15, 0.2) is 0 Å². The Labute approximate surface area is 147 Å². The Morgan fingerprint density at radius 2 is 1.96 bits per heavy atom. The third-order valence-corrected chi connectivity index (χ3v) is 4.63. The van der Waals surface area contributed by atoms with Crippen molar-refractivity contribution in [2.45, 2.75) is 6.04 Å². The Balaban J connectivity index is 1.82. The second kappa shape index (κ2) is 5.79. The van der Waals surface area contributed by atoms with Gasteiger partial charge in [-0.3, -0.25) is 9.89 Å². The first-order chi connectivity index (χ1) is 11.7. The molecule has 1 atom stereocenters. The molecule has 120 valence electrons. The quantitative estimate of drug-likeness (QED) is 0.724. The second-order valence-corrected chi connectivity index (χ2v) is 6.47. The van der Waals surface area contributed by atoms with Crippen LogP contribution < -0.4 is 10.1 Å². The normalized spacial score (nSPS) is 15.9. The number of carbonyl (C=O) groups is 1. The van der Waals surface area contributed by atoms with Crippen LogP contribution in [0.1, 0.15) is 27.7 Å². The van der Waals surface area contributed by atoms with Gasteiger partial charge in [0, 0.05) is 15.6 Å². The van der Waals surface area contributed by atoms with E-state index in [0.29, 0.717) is 5.69 Å². The third kappa shape index (κ3) is 2.39. The number of amides is 1. The number of halogens is 1. The average Bonchev–Trinajstić information content (AvgIpc) is 3.17. The molecule has 2 N–H and O–H groups in total. The predicted molar refractivity (Wildman–Crippen MR) is 94.0 cm³/mol. The number of hydrogen-bond acceptors (Lipinski definition) is 3. The molecule has 1 aromatic heterocycles. The Morgan fingerprint density at radius 3 is 2.67 bits per heavy atom. The van der Waals surface area contributed by atoms with Crippen molar-refractivity contribution in [1.29, 1.82) is 0 Å². The predicted octanol–water partition coefficient (Wildman–Crippen LogP) is 3.68. The number of nitrogens with one attached hydrogen (secondary N) is 2. The third-order valence-electron chi connectivity index (χ3n) is 4.14. The van der Waals surface area contributed by atoms with Gasteiger partial charge >= 0.3 is 0 Å². The molecule has 1 aliphatic rings. The van der Waals surface area contributed by atoms with Crippen molar-refractivity contribution in [3.63, 3.8) is 0 Å². The maximum Gasteiger partial charge on any atom is 0.270 e. The van der Waals surface area contributed by atoms with Crippen LogP contribution in [0.25, 0.3) is 11.3 Å². The van der Waals surface area contributed by atoms with Crippen molar-refractivity contribution in [2.24, 2.45) is 0 Å². The number of benzene rings is 2. The van der Waals surface area contributed by atoms with Crippen LogP contribution in [0.5, 0.6) is 5.75 Å². The highest BCUT2D eigenvalue weighted by atomic mass is 79.9. The fraction of sp³-hybridized carbons (Fsp3) is 0.111. The van der Waals surface area contributed by atoms with Gasteiger partial charge < -0.3 is 10.1 Å². The minimum absolute atomic E-state index is 0.137. The summed E-state index contributed by atoms with van der Waals surface area (Å²) in [6, 6.07) is 15.3. The van der Waals surface area contributed by atoms with Crippen LogP contribution in [0.3, 0.4) is 0 Å². The van der Waals surface area contributed by atoms with E-state index in [0.717, 1.165) is 32.6 Å². The van der Waals surface area contributed by atoms with E-state index in [1.165, 1.54) is 0 Å². The first kappa shape index (κ1) is 15.0. The number of rotatable bonds is 3. The highest BCUT2D eigenvalue weighted by Crippen LogP contribution is 2.37. The van der Waals surface area contributed by atoms with Crippen LogP contribution in [0.4, 0.5) is 0 Å². The summed E-state index contributed by atoms with van der Waals surface area (Å²) in [5.41, 5.74) is 4.11. The lowest BCUT2D eigenvalue weighted by atomic mass is 9.97. The Bertz CT molecular complexity index is 918. The molecule has 0 saturated heterocycles. The number of aromatic nitrogens is 2. The van der Waals surface area contributed by atoms with E-state index in [9.17, 15) is 4.79 Å². The molecule has 24 heavy (non-hydrogen) atoms. The van der Waals surface area contributed by atoms with E-state index in [-0.39, 0.29) is 11.9 Å². The van der Waals surface area contributed by atoms with Gasteiger partial charge in [0.1, 0.15) is 11.4 Å². The molecule has 0 aliphatic carbocycles. The summed E-state index contributed by atoms with van der Waals surface area (Å²) in [5.74, 6) is 0.644. The molecule has 0 unspecified atom stereocenters. The minimum Gasteiger partial charge on any atom is -0.497 e. The average molecular weight is 384 g/mol. The summed E-state index contributed by atoms with van der Waals surface area (Å²) in [6.45, 7) is 0. The van der Waals surface area contributed by atoms with Gasteiger partial charge in [-0.2, -0.15) is 5.10 Å². The van der Waals surface area contributed by atoms with Gasteiger partial charge in [-0.25, -0.2) is 0 Å². The molecule has 2 aromatic carbocycles. The largest absolute Gasteiger partial charge is 0.497 e. The first-order valence-electron chi connectivity index (χ1n) is 7.46. The zero-order chi connectivity index (χ0) is 16.7. The molecule has 6 heteroatoms. The van der Waals surface area contributed by atoms with Crippen LogP contribution in [-0.2, 0) is 0 Å². The number of H-pyrrole nitrogens is 1. The molecule has 1 amide bonds. The lowest BCUT2D eigenvalue weighted by molar-refractivity contribution is 0.0955. The topological polar surface area (TPSA) is 67.0 Å². The Kier molecular flexibility index (Phi) is 3.61. The molecule has 3 aromatic rings. The first-order valence-corrected chi connectivity index (χ1v) is 8.25. The molecule has 2 heterocycles. The molecule has 0 bridgehead atoms. The molecule has 5 nitrogen and oxygen atoms in total. The number of aromatic amines is 1. The molecule has 0 saturated carbocycles. The smallest absolute Gasteiger partial charge is 0.270 e. The van der Waals surface area contributed by atoms with E-state index in [1.54, 1.807) is 7.11 Å². The van der Waals surface area contributed by atoms with Crippen LogP contribution in [0.15, 0.2) is 53.0 Å². The lowest BCUT2D eigenvalue weighted by Gasteiger charge is -2.13. The van der Waals surface area contributed by atoms with Crippen molar-refractivity contribution in [1.82, 2.24) is 15.5 Å². The van der Waals surface area contributed by atoms with Crippen LogP contribution in [-0.4, -0.2) is 23.2 Å². The van der Waals surface area contributed by atoms with Gasteiger partial charge in [-0.15, -0.1) is 0 Å². The van der Waals surface area contributed by atoms with Crippen LogP contribution in [0, 0.1) is 0 Å².